The van der Waals surface area contributed by atoms with Crippen LogP contribution in [-0.2, 0) is 11.2 Å². The number of aliphatic hydroxyl groups is 1. The van der Waals surface area contributed by atoms with Gasteiger partial charge in [0.05, 0.1) is 18.5 Å². The Balaban J connectivity index is 1.52. The van der Waals surface area contributed by atoms with Crippen molar-refractivity contribution < 1.29 is 19.4 Å². The number of hydrogen-bond acceptors (Lipinski definition) is 5. The number of rotatable bonds is 3. The summed E-state index contributed by atoms with van der Waals surface area (Å²) < 4.78 is 6.02. The molecule has 1 aromatic carbocycles. The number of hydrogen-bond donors (Lipinski definition) is 1. The molecule has 0 saturated carbocycles. The lowest BCUT2D eigenvalue weighted by Gasteiger charge is -2.41. The zero-order valence-corrected chi connectivity index (χ0v) is 19.1. The van der Waals surface area contributed by atoms with Crippen molar-refractivity contribution in [1.29, 1.82) is 0 Å². The Morgan fingerprint density at radius 2 is 1.85 bits per heavy atom. The second-order valence-corrected chi connectivity index (χ2v) is 9.17. The smallest absolute Gasteiger partial charge is 0.257 e. The Morgan fingerprint density at radius 1 is 1.03 bits per heavy atom. The van der Waals surface area contributed by atoms with Crippen molar-refractivity contribution in [2.45, 2.75) is 38.5 Å². The van der Waals surface area contributed by atoms with E-state index in [-0.39, 0.29) is 23.8 Å². The molecule has 2 amide bonds. The van der Waals surface area contributed by atoms with Crippen molar-refractivity contribution in [3.05, 3.63) is 59.9 Å². The van der Waals surface area contributed by atoms with Crippen LogP contribution in [0.3, 0.4) is 0 Å². The highest BCUT2D eigenvalue weighted by molar-refractivity contribution is 5.97. The van der Waals surface area contributed by atoms with Gasteiger partial charge in [0.2, 0.25) is 5.91 Å². The summed E-state index contributed by atoms with van der Waals surface area (Å²) in [5.41, 5.74) is 1.30. The van der Waals surface area contributed by atoms with E-state index < -0.39 is 0 Å². The molecule has 0 spiro atoms. The van der Waals surface area contributed by atoms with E-state index in [1.165, 1.54) is 0 Å². The monoisotopic (exact) mass is 451 g/mol. The summed E-state index contributed by atoms with van der Waals surface area (Å²) in [4.78, 5) is 34.1. The molecular formula is C26H33N3O4. The molecule has 0 unspecified atom stereocenters. The minimum absolute atomic E-state index is 0.0310. The van der Waals surface area contributed by atoms with E-state index in [4.69, 9.17) is 4.74 Å². The molecule has 1 saturated heterocycles. The number of piperidine rings is 1. The minimum atomic E-state index is -0.141. The van der Waals surface area contributed by atoms with Crippen LogP contribution in [0.4, 0.5) is 0 Å². The summed E-state index contributed by atoms with van der Waals surface area (Å²) in [6.07, 6.45) is 8.03. The fraction of sp³-hybridized carbons (Fsp3) is 0.500. The molecule has 176 valence electrons. The van der Waals surface area contributed by atoms with E-state index in [1.807, 2.05) is 40.1 Å². The van der Waals surface area contributed by atoms with Crippen LogP contribution < -0.4 is 4.74 Å². The quantitative estimate of drug-likeness (QED) is 0.776. The Morgan fingerprint density at radius 3 is 2.61 bits per heavy atom. The Bertz CT molecular complexity index is 942. The lowest BCUT2D eigenvalue weighted by molar-refractivity contribution is -0.131. The highest BCUT2D eigenvalue weighted by Crippen LogP contribution is 2.37. The number of para-hydroxylation sites is 1. The normalized spacial score (nSPS) is 19.2. The summed E-state index contributed by atoms with van der Waals surface area (Å²) in [7, 11) is 0. The molecule has 7 heteroatoms. The molecule has 3 aliphatic heterocycles. The van der Waals surface area contributed by atoms with E-state index in [2.05, 4.69) is 4.98 Å². The van der Waals surface area contributed by atoms with E-state index in [0.717, 1.165) is 37.7 Å². The molecular weight excluding hydrogens is 418 g/mol. The number of amides is 2. The molecule has 1 fully saturated rings. The summed E-state index contributed by atoms with van der Waals surface area (Å²) in [6.45, 7) is 2.85. The molecule has 4 heterocycles. The Hall–Kier alpha value is -2.93. The number of aromatic nitrogens is 1. The molecule has 0 radical (unpaired) electrons. The zero-order valence-electron chi connectivity index (χ0n) is 19.1. The van der Waals surface area contributed by atoms with Gasteiger partial charge in [0.1, 0.15) is 12.4 Å². The van der Waals surface area contributed by atoms with Gasteiger partial charge in [0, 0.05) is 38.6 Å². The lowest BCUT2D eigenvalue weighted by atomic mass is 9.75. The first-order valence-electron chi connectivity index (χ1n) is 11.9. The van der Waals surface area contributed by atoms with E-state index in [0.29, 0.717) is 50.5 Å². The Kier molecular flexibility index (Phi) is 7.60. The average molecular weight is 452 g/mol. The van der Waals surface area contributed by atoms with Crippen LogP contribution in [0.25, 0.3) is 0 Å². The van der Waals surface area contributed by atoms with Crippen molar-refractivity contribution in [3.63, 3.8) is 0 Å². The van der Waals surface area contributed by atoms with Crippen LogP contribution >= 0.6 is 0 Å². The van der Waals surface area contributed by atoms with Gasteiger partial charge in [-0.05, 0) is 54.9 Å². The molecule has 1 N–H and O–H groups in total. The maximum absolute atomic E-state index is 13.2. The third-order valence-corrected chi connectivity index (χ3v) is 7.00. The molecule has 2 bridgehead atoms. The van der Waals surface area contributed by atoms with Crippen molar-refractivity contribution >= 4 is 11.8 Å². The van der Waals surface area contributed by atoms with Gasteiger partial charge in [-0.15, -0.1) is 0 Å². The number of fused-ring (bicyclic) bond motifs is 9. The second-order valence-electron chi connectivity index (χ2n) is 9.17. The second kappa shape index (κ2) is 10.8. The fourth-order valence-electron chi connectivity index (χ4n) is 4.83. The average Bonchev–Trinajstić information content (AvgIpc) is 2.86. The molecule has 7 nitrogen and oxygen atoms in total. The summed E-state index contributed by atoms with van der Waals surface area (Å²) in [6, 6.07) is 11.1. The first kappa shape index (κ1) is 23.2. The third-order valence-electron chi connectivity index (χ3n) is 7.00. The summed E-state index contributed by atoms with van der Waals surface area (Å²) in [5.74, 6) is 0.566. The van der Waals surface area contributed by atoms with Gasteiger partial charge < -0.3 is 19.6 Å². The van der Waals surface area contributed by atoms with Gasteiger partial charge in [-0.2, -0.15) is 0 Å². The first-order valence-corrected chi connectivity index (χ1v) is 11.9. The van der Waals surface area contributed by atoms with Gasteiger partial charge in [-0.3, -0.25) is 14.6 Å². The number of carbonyl (C=O) groups excluding carboxylic acids is 2. The van der Waals surface area contributed by atoms with Crippen LogP contribution in [0.1, 0.15) is 48.0 Å². The van der Waals surface area contributed by atoms with Gasteiger partial charge in [0.15, 0.2) is 0 Å². The Labute approximate surface area is 195 Å². The molecule has 0 aliphatic carbocycles. The number of nitrogens with zero attached hydrogens (tertiary/aromatic N) is 3. The lowest BCUT2D eigenvalue weighted by Crippen LogP contribution is -2.44. The van der Waals surface area contributed by atoms with E-state index in [9.17, 15) is 14.7 Å². The summed E-state index contributed by atoms with van der Waals surface area (Å²) in [5, 5.41) is 10.2. The fourth-order valence-corrected chi connectivity index (χ4v) is 4.83. The van der Waals surface area contributed by atoms with E-state index >= 15 is 0 Å². The van der Waals surface area contributed by atoms with Crippen LogP contribution in [0.15, 0.2) is 48.8 Å². The molecule has 0 atom stereocenters. The number of benzene rings is 1. The number of carbonyl (C=O) groups is 2. The van der Waals surface area contributed by atoms with Gasteiger partial charge in [-0.25, -0.2) is 0 Å². The van der Waals surface area contributed by atoms with Gasteiger partial charge in [0.25, 0.3) is 5.91 Å². The zero-order chi connectivity index (χ0) is 23.1. The van der Waals surface area contributed by atoms with Gasteiger partial charge in [-0.1, -0.05) is 24.6 Å². The maximum atomic E-state index is 13.2. The van der Waals surface area contributed by atoms with E-state index in [1.54, 1.807) is 18.5 Å². The highest BCUT2D eigenvalue weighted by Gasteiger charge is 2.36. The highest BCUT2D eigenvalue weighted by atomic mass is 16.5. The SMILES string of the molecule is O=C(Cc1cccnc1)N1CCCCC2(CO)CCN(CC2)C(=O)c2ccccc2OCC1. The third kappa shape index (κ3) is 5.71. The van der Waals surface area contributed by atoms with Gasteiger partial charge >= 0.3 is 0 Å². The van der Waals surface area contributed by atoms with Crippen molar-refractivity contribution in [1.82, 2.24) is 14.8 Å². The minimum Gasteiger partial charge on any atom is -0.491 e. The number of pyridine rings is 1. The molecule has 33 heavy (non-hydrogen) atoms. The number of aliphatic hydroxyl groups excluding tert-OH is 1. The van der Waals surface area contributed by atoms with Crippen LogP contribution in [0, 0.1) is 5.41 Å². The molecule has 1 aromatic heterocycles. The number of ether oxygens (including phenoxy) is 1. The molecule has 3 aliphatic rings. The predicted molar refractivity (Wildman–Crippen MR) is 125 cm³/mol. The first-order chi connectivity index (χ1) is 16.1. The largest absolute Gasteiger partial charge is 0.491 e. The van der Waals surface area contributed by atoms with Crippen molar-refractivity contribution in [2.75, 3.05) is 39.4 Å². The molecule has 5 rings (SSSR count). The van der Waals surface area contributed by atoms with Crippen molar-refractivity contribution in [2.24, 2.45) is 5.41 Å². The maximum Gasteiger partial charge on any atom is 0.257 e. The van der Waals surface area contributed by atoms with Crippen LogP contribution in [-0.4, -0.2) is 71.1 Å². The van der Waals surface area contributed by atoms with Crippen LogP contribution in [0.2, 0.25) is 0 Å². The standard InChI is InChI=1S/C26H33N3O4/c30-20-26-9-3-4-13-28(24(31)18-21-6-5-12-27-19-21)16-17-33-23-8-2-1-7-22(23)25(32)29(14-10-26)15-11-26/h1-2,5-8,12,19,30H,3-4,9-11,13-18,20H2. The van der Waals surface area contributed by atoms with Crippen LogP contribution in [0.5, 0.6) is 5.75 Å². The topological polar surface area (TPSA) is 83.0 Å². The predicted octanol–water partition coefficient (Wildman–Crippen LogP) is 2.93. The summed E-state index contributed by atoms with van der Waals surface area (Å²) >= 11 is 0. The molecule has 2 aromatic rings. The van der Waals surface area contributed by atoms with Crippen molar-refractivity contribution in [3.8, 4) is 5.75 Å².